The minimum Gasteiger partial charge on any atom is -0.390 e. The maximum Gasteiger partial charge on any atom is 0.418 e. The second-order valence-corrected chi connectivity index (χ2v) is 10.2. The molecular weight excluding hydrogens is 532 g/mol. The van der Waals surface area contributed by atoms with E-state index < -0.39 is 23.8 Å². The molecule has 6 nitrogen and oxygen atoms in total. The van der Waals surface area contributed by atoms with Gasteiger partial charge < -0.3 is 5.11 Å². The van der Waals surface area contributed by atoms with Gasteiger partial charge in [-0.15, -0.1) is 11.3 Å². The number of benzene rings is 1. The molecule has 0 saturated heterocycles. The Hall–Kier alpha value is -3.44. The molecule has 1 saturated carbocycles. The van der Waals surface area contributed by atoms with Crippen molar-refractivity contribution in [2.45, 2.75) is 64.3 Å². The summed E-state index contributed by atoms with van der Waals surface area (Å²) in [5.74, 6) is -0.129. The lowest BCUT2D eigenvalue weighted by molar-refractivity contribution is -0.138. The van der Waals surface area contributed by atoms with Gasteiger partial charge in [0.2, 0.25) is 0 Å². The van der Waals surface area contributed by atoms with Crippen LogP contribution in [0.3, 0.4) is 0 Å². The summed E-state index contributed by atoms with van der Waals surface area (Å²) >= 11 is 1.27. The van der Waals surface area contributed by atoms with Crippen LogP contribution in [-0.2, 0) is 19.3 Å². The summed E-state index contributed by atoms with van der Waals surface area (Å²) in [6.45, 7) is 1.18. The predicted molar refractivity (Wildman–Crippen MR) is 141 cm³/mol. The first-order chi connectivity index (χ1) is 18.7. The highest BCUT2D eigenvalue weighted by molar-refractivity contribution is 7.13. The normalized spacial score (nSPS) is 14.1. The van der Waals surface area contributed by atoms with E-state index in [1.807, 2.05) is 13.0 Å². The number of aryl methyl sites for hydroxylation is 1. The molecule has 0 unspecified atom stereocenters. The van der Waals surface area contributed by atoms with E-state index in [4.69, 9.17) is 0 Å². The van der Waals surface area contributed by atoms with E-state index in [2.05, 4.69) is 15.1 Å². The van der Waals surface area contributed by atoms with Crippen molar-refractivity contribution in [3.63, 3.8) is 0 Å². The third-order valence-electron chi connectivity index (χ3n) is 6.55. The maximum atomic E-state index is 13.4. The van der Waals surface area contributed by atoms with Crippen molar-refractivity contribution in [1.29, 1.82) is 0 Å². The van der Waals surface area contributed by atoms with Gasteiger partial charge in [-0.3, -0.25) is 9.78 Å². The van der Waals surface area contributed by atoms with Crippen LogP contribution in [0, 0.1) is 12.7 Å². The number of pyridine rings is 1. The fourth-order valence-electron chi connectivity index (χ4n) is 4.65. The number of aromatic nitrogens is 4. The number of nitrogens with zero attached hydrogens (tertiary/aromatic N) is 4. The van der Waals surface area contributed by atoms with E-state index in [-0.39, 0.29) is 24.0 Å². The van der Waals surface area contributed by atoms with Crippen molar-refractivity contribution in [2.24, 2.45) is 0 Å². The highest BCUT2D eigenvalue weighted by Gasteiger charge is 2.34. The third-order valence-corrected chi connectivity index (χ3v) is 7.44. The molecule has 1 aliphatic rings. The average Bonchev–Trinajstić information content (AvgIpc) is 3.39. The zero-order valence-electron chi connectivity index (χ0n) is 21.3. The van der Waals surface area contributed by atoms with E-state index in [1.165, 1.54) is 35.7 Å². The highest BCUT2D eigenvalue weighted by Crippen LogP contribution is 2.34. The summed E-state index contributed by atoms with van der Waals surface area (Å²) < 4.78 is 53.6. The zero-order chi connectivity index (χ0) is 28.0. The quantitative estimate of drug-likeness (QED) is 0.282. The van der Waals surface area contributed by atoms with Crippen LogP contribution in [0.4, 0.5) is 17.6 Å². The van der Waals surface area contributed by atoms with Crippen LogP contribution in [0.25, 0.3) is 10.6 Å². The first-order valence-electron chi connectivity index (χ1n) is 12.6. The van der Waals surface area contributed by atoms with E-state index in [1.54, 1.807) is 17.6 Å². The summed E-state index contributed by atoms with van der Waals surface area (Å²) in [4.78, 5) is 21.8. The Balaban J connectivity index is 0.000000379. The largest absolute Gasteiger partial charge is 0.418 e. The molecule has 4 aromatic rings. The fraction of sp³-hybridized carbons (Fsp3) is 0.357. The Kier molecular flexibility index (Phi) is 9.24. The van der Waals surface area contributed by atoms with Crippen molar-refractivity contribution in [2.75, 3.05) is 0 Å². The van der Waals surface area contributed by atoms with Gasteiger partial charge >= 0.3 is 6.18 Å². The molecule has 206 valence electrons. The van der Waals surface area contributed by atoms with Gasteiger partial charge in [0.05, 0.1) is 40.5 Å². The molecule has 0 amide bonds. The lowest BCUT2D eigenvalue weighted by atomic mass is 9.84. The number of hydrogen-bond donors (Lipinski definition) is 1. The topological polar surface area (TPSA) is 80.9 Å². The molecule has 1 aromatic carbocycles. The number of alkyl halides is 3. The van der Waals surface area contributed by atoms with Crippen molar-refractivity contribution in [1.82, 2.24) is 19.7 Å². The third kappa shape index (κ3) is 7.15. The number of rotatable bonds is 5. The molecule has 0 radical (unpaired) electrons. The average molecular weight is 561 g/mol. The minimum atomic E-state index is -4.58. The number of aliphatic hydroxyl groups excluding tert-OH is 1. The minimum absolute atomic E-state index is 0.0329. The van der Waals surface area contributed by atoms with E-state index in [0.29, 0.717) is 21.8 Å². The molecule has 1 fully saturated rings. The molecule has 39 heavy (non-hydrogen) atoms. The summed E-state index contributed by atoms with van der Waals surface area (Å²) in [6, 6.07) is 10.4. The first kappa shape index (κ1) is 28.6. The van der Waals surface area contributed by atoms with Crippen molar-refractivity contribution in [3.8, 4) is 10.6 Å². The second-order valence-electron chi connectivity index (χ2n) is 9.36. The molecule has 0 atom stereocenters. The molecule has 11 heteroatoms. The molecule has 1 N–H and O–H groups in total. The van der Waals surface area contributed by atoms with Crippen molar-refractivity contribution in [3.05, 3.63) is 98.4 Å². The Labute approximate surface area is 227 Å². The molecule has 0 spiro atoms. The van der Waals surface area contributed by atoms with E-state index in [9.17, 15) is 27.5 Å². The van der Waals surface area contributed by atoms with Crippen molar-refractivity contribution < 1.29 is 22.7 Å². The van der Waals surface area contributed by atoms with Crippen LogP contribution in [0.1, 0.15) is 66.1 Å². The summed E-state index contributed by atoms with van der Waals surface area (Å²) in [5.41, 5.74) is 2.38. The van der Waals surface area contributed by atoms with Gasteiger partial charge in [0, 0.05) is 11.8 Å². The molecule has 5 rings (SSSR count). The summed E-state index contributed by atoms with van der Waals surface area (Å²) in [6.07, 6.45) is 1.50. The predicted octanol–water partition coefficient (Wildman–Crippen LogP) is 6.50. The van der Waals surface area contributed by atoms with E-state index in [0.717, 1.165) is 48.4 Å². The van der Waals surface area contributed by atoms with Gasteiger partial charge in [0.25, 0.3) is 5.56 Å². The SMILES string of the molecule is Cc1cccc(F)c1.O=c1c(C2CCCCC2)cc(-c2scnc2CO)nn1Cc1ncccc1C(F)(F)F. The van der Waals surface area contributed by atoms with Crippen LogP contribution < -0.4 is 5.56 Å². The van der Waals surface area contributed by atoms with Gasteiger partial charge in [0.15, 0.2) is 0 Å². The van der Waals surface area contributed by atoms with Crippen molar-refractivity contribution >= 4 is 11.3 Å². The van der Waals surface area contributed by atoms with E-state index >= 15 is 0 Å². The van der Waals surface area contributed by atoms with Gasteiger partial charge in [0.1, 0.15) is 11.5 Å². The van der Waals surface area contributed by atoms with Gasteiger partial charge in [-0.05, 0) is 61.6 Å². The molecule has 3 heterocycles. The molecule has 1 aliphatic carbocycles. The molecule has 3 aromatic heterocycles. The smallest absolute Gasteiger partial charge is 0.390 e. The Morgan fingerprint density at radius 1 is 1.05 bits per heavy atom. The summed E-state index contributed by atoms with van der Waals surface area (Å²) in [5, 5.41) is 13.9. The molecule has 0 aliphatic heterocycles. The monoisotopic (exact) mass is 560 g/mol. The molecule has 0 bridgehead atoms. The standard InChI is InChI=1S/C21H21F3N4O2S.C7H7F/c22-21(23,24)15-7-4-8-25-17(15)10-28-20(30)14(13-5-2-1-3-6-13)9-16(27-28)19-18(11-29)26-12-31-19;1-6-3-2-4-7(8)5-6/h4,7-9,12-13,29H,1-3,5-6,10-11H2;2-5H,1H3. The van der Waals surface area contributed by atoms with Gasteiger partial charge in [-0.2, -0.15) is 18.3 Å². The first-order valence-corrected chi connectivity index (χ1v) is 13.4. The number of thiazole rings is 1. The lowest BCUT2D eigenvalue weighted by Gasteiger charge is -2.22. The van der Waals surface area contributed by atoms with Crippen LogP contribution in [0.15, 0.2) is 59.0 Å². The Bertz CT molecular complexity index is 1450. The lowest BCUT2D eigenvalue weighted by Crippen LogP contribution is -2.30. The number of hydrogen-bond acceptors (Lipinski definition) is 6. The highest BCUT2D eigenvalue weighted by atomic mass is 32.1. The second kappa shape index (κ2) is 12.6. The fourth-order valence-corrected chi connectivity index (χ4v) is 5.41. The number of aliphatic hydroxyl groups is 1. The van der Waals surface area contributed by atoms with Crippen LogP contribution >= 0.6 is 11.3 Å². The zero-order valence-corrected chi connectivity index (χ0v) is 22.1. The van der Waals surface area contributed by atoms with Crippen LogP contribution in [-0.4, -0.2) is 24.9 Å². The summed E-state index contributed by atoms with van der Waals surface area (Å²) in [7, 11) is 0. The number of halogens is 4. The maximum absolute atomic E-state index is 13.4. The molecular formula is C28H28F4N4O2S. The van der Waals surface area contributed by atoms with Crippen LogP contribution in [0.5, 0.6) is 0 Å². The van der Waals surface area contributed by atoms with Crippen LogP contribution in [0.2, 0.25) is 0 Å². The van der Waals surface area contributed by atoms with Gasteiger partial charge in [-0.1, -0.05) is 31.4 Å². The van der Waals surface area contributed by atoms with Gasteiger partial charge in [-0.25, -0.2) is 14.1 Å². The Morgan fingerprint density at radius 3 is 2.46 bits per heavy atom. The Morgan fingerprint density at radius 2 is 1.82 bits per heavy atom.